The van der Waals surface area contributed by atoms with Gasteiger partial charge < -0.3 is 0 Å². The number of hydrogen-bond donors (Lipinski definition) is 0. The standard InChI is InChI=1S/2C11H8O2.C9H7.C5H5.C2H6Si.Ti/c2*12-11(13)10-7-3-5-8-4-1-2-6-9(8)10;1-2-5-9-7-3-6-8(9)4-1;1-2-4-5-3-1;1-3-2;/h2*1-7H,(H,12,13);1-7H;1-3H,4H2;1-2H3;/q;;;;;+2/p-2. The average molecular weight is 629 g/mol. The van der Waals surface area contributed by atoms with Crippen LogP contribution in [0, 0.1) is 0 Å². The van der Waals surface area contributed by atoms with Crippen molar-refractivity contribution in [1.82, 2.24) is 0 Å². The SMILES string of the molecule is C[Si](C)=[Ti]([O]C(=O)c1cccc2ccccc12)([O]C(=O)c1cccc2ccccc12)([C]1=CC=CC1)[CH]1C=Cc2ccccc21. The fraction of sp³-hybridized carbons (Fsp3) is 0.105. The summed E-state index contributed by atoms with van der Waals surface area (Å²) < 4.78 is 15.0. The Morgan fingerprint density at radius 2 is 1.25 bits per heavy atom. The van der Waals surface area contributed by atoms with E-state index in [4.69, 9.17) is 6.64 Å². The monoisotopic (exact) mass is 628 g/mol. The zero-order chi connectivity index (χ0) is 30.3. The van der Waals surface area contributed by atoms with E-state index in [1.165, 1.54) is 0 Å². The van der Waals surface area contributed by atoms with Crippen LogP contribution < -0.4 is 0 Å². The van der Waals surface area contributed by atoms with E-state index in [0.717, 1.165) is 36.5 Å². The van der Waals surface area contributed by atoms with Crippen molar-refractivity contribution >= 4 is 45.7 Å². The fourth-order valence-corrected chi connectivity index (χ4v) is 25.6. The van der Waals surface area contributed by atoms with Gasteiger partial charge in [-0.3, -0.25) is 0 Å². The molecule has 2 aliphatic carbocycles. The van der Waals surface area contributed by atoms with Gasteiger partial charge in [0.1, 0.15) is 0 Å². The third kappa shape index (κ3) is 4.30. The molecule has 0 fully saturated rings. The zero-order valence-electron chi connectivity index (χ0n) is 24.7. The topological polar surface area (TPSA) is 52.6 Å². The Hall–Kier alpha value is -4.29. The summed E-state index contributed by atoms with van der Waals surface area (Å²) in [6, 6.07) is 35.2. The molecule has 0 amide bonds. The maximum atomic E-state index is 14.7. The van der Waals surface area contributed by atoms with Gasteiger partial charge >= 0.3 is 260 Å². The molecule has 0 N–H and O–H groups in total. The van der Waals surface area contributed by atoms with Crippen molar-refractivity contribution in [2.45, 2.75) is 23.7 Å². The molecule has 44 heavy (non-hydrogen) atoms. The van der Waals surface area contributed by atoms with Gasteiger partial charge in [-0.2, -0.15) is 0 Å². The summed E-state index contributed by atoms with van der Waals surface area (Å²) in [5.41, 5.74) is 3.06. The summed E-state index contributed by atoms with van der Waals surface area (Å²) in [6.07, 6.45) is 9.27. The van der Waals surface area contributed by atoms with Crippen LogP contribution in [0.1, 0.15) is 42.5 Å². The molecule has 5 aromatic rings. The first-order valence-electron chi connectivity index (χ1n) is 14.9. The molecule has 1 unspecified atom stereocenters. The van der Waals surface area contributed by atoms with Crippen LogP contribution in [0.4, 0.5) is 0 Å². The molecule has 6 heteroatoms. The van der Waals surface area contributed by atoms with Crippen molar-refractivity contribution in [2.75, 3.05) is 0 Å². The van der Waals surface area contributed by atoms with Crippen LogP contribution in [0.15, 0.2) is 137 Å². The Morgan fingerprint density at radius 1 is 0.705 bits per heavy atom. The zero-order valence-corrected chi connectivity index (χ0v) is 27.3. The minimum atomic E-state index is -5.45. The molecule has 0 radical (unpaired) electrons. The molecule has 0 saturated carbocycles. The Balaban J connectivity index is 1.51. The molecule has 0 aromatic heterocycles. The number of benzene rings is 5. The van der Waals surface area contributed by atoms with Gasteiger partial charge in [-0.05, 0) is 0 Å². The van der Waals surface area contributed by atoms with Crippen LogP contribution in [0.3, 0.4) is 0 Å². The molecule has 0 aliphatic heterocycles. The van der Waals surface area contributed by atoms with Crippen molar-refractivity contribution < 1.29 is 31.0 Å². The number of rotatable bonds is 6. The fourth-order valence-electron chi connectivity index (χ4n) is 7.10. The quantitative estimate of drug-likeness (QED) is 0.176. The number of hydrogen-bond acceptors (Lipinski definition) is 4. The maximum absolute atomic E-state index is 14.7. The third-order valence-corrected chi connectivity index (χ3v) is 30.4. The third-order valence-electron chi connectivity index (χ3n) is 9.30. The van der Waals surface area contributed by atoms with E-state index in [0.29, 0.717) is 17.5 Å². The molecule has 216 valence electrons. The molecule has 5 aromatic carbocycles. The van der Waals surface area contributed by atoms with Crippen molar-refractivity contribution in [3.8, 4) is 0 Å². The van der Waals surface area contributed by atoms with Crippen LogP contribution in [0.5, 0.6) is 0 Å². The first kappa shape index (κ1) is 28.5. The van der Waals surface area contributed by atoms with E-state index >= 15 is 0 Å². The summed E-state index contributed by atoms with van der Waals surface area (Å²) in [6.45, 7) is 4.31. The molecule has 0 saturated heterocycles. The normalized spacial score (nSPS) is 15.7. The van der Waals surface area contributed by atoms with Gasteiger partial charge in [-0.1, -0.05) is 0 Å². The second-order valence-corrected chi connectivity index (χ2v) is 28.5. The summed E-state index contributed by atoms with van der Waals surface area (Å²) in [4.78, 5) is 29.4. The van der Waals surface area contributed by atoms with E-state index in [2.05, 4.69) is 49.5 Å². The van der Waals surface area contributed by atoms with E-state index in [9.17, 15) is 9.59 Å². The van der Waals surface area contributed by atoms with Crippen LogP contribution in [-0.2, 0) is 21.5 Å². The summed E-state index contributed by atoms with van der Waals surface area (Å²) in [7, 11) is 0. The Labute approximate surface area is 259 Å². The van der Waals surface area contributed by atoms with Crippen molar-refractivity contribution in [3.05, 3.63) is 160 Å². The number of fused-ring (bicyclic) bond motifs is 3. The second-order valence-electron chi connectivity index (χ2n) is 11.8. The van der Waals surface area contributed by atoms with Gasteiger partial charge in [0.05, 0.1) is 0 Å². The molecule has 0 bridgehead atoms. The molecule has 2 aliphatic rings. The number of allylic oxidation sites excluding steroid dienone is 5. The minimum absolute atomic E-state index is 0.365. The number of carbonyl (C=O) groups excluding carboxylic acids is 2. The van der Waals surface area contributed by atoms with Crippen molar-refractivity contribution in [2.24, 2.45) is 0 Å². The van der Waals surface area contributed by atoms with Crippen molar-refractivity contribution in [3.63, 3.8) is 0 Å². The predicted molar refractivity (Wildman–Crippen MR) is 176 cm³/mol. The van der Waals surface area contributed by atoms with Gasteiger partial charge in [0.2, 0.25) is 0 Å². The molecule has 0 heterocycles. The first-order valence-corrected chi connectivity index (χ1v) is 22.7. The predicted octanol–water partition coefficient (Wildman–Crippen LogP) is 9.39. The summed E-state index contributed by atoms with van der Waals surface area (Å²) in [5, 5.41) is 3.53. The van der Waals surface area contributed by atoms with Gasteiger partial charge in [0.15, 0.2) is 0 Å². The average Bonchev–Trinajstić information content (AvgIpc) is 3.76. The molecular weight excluding hydrogens is 596 g/mol. The van der Waals surface area contributed by atoms with E-state index < -0.39 is 32.9 Å². The summed E-state index contributed by atoms with van der Waals surface area (Å²) >= 11 is -5.45. The van der Waals surface area contributed by atoms with Crippen LogP contribution in [0.2, 0.25) is 13.1 Å². The molecule has 0 spiro atoms. The molecule has 7 rings (SSSR count). The Bertz CT molecular complexity index is 2060. The van der Waals surface area contributed by atoms with E-state index in [-0.39, 0.29) is 4.22 Å². The van der Waals surface area contributed by atoms with E-state index in [1.807, 2.05) is 103 Å². The summed E-state index contributed by atoms with van der Waals surface area (Å²) in [5.74, 6) is -0.886. The van der Waals surface area contributed by atoms with Crippen LogP contribution in [0.25, 0.3) is 27.6 Å². The Kier molecular flexibility index (Phi) is 7.13. The second kappa shape index (κ2) is 11.0. The van der Waals surface area contributed by atoms with Crippen molar-refractivity contribution in [1.29, 1.82) is 0 Å². The van der Waals surface area contributed by atoms with Crippen LogP contribution in [-0.4, -0.2) is 18.1 Å². The van der Waals surface area contributed by atoms with Gasteiger partial charge in [-0.15, -0.1) is 0 Å². The van der Waals surface area contributed by atoms with Gasteiger partial charge in [0, 0.05) is 0 Å². The van der Waals surface area contributed by atoms with Gasteiger partial charge in [0.25, 0.3) is 0 Å². The van der Waals surface area contributed by atoms with E-state index in [1.54, 1.807) is 0 Å². The molecule has 1 atom stereocenters. The first-order chi connectivity index (χ1) is 21.4. The molecule has 4 nitrogen and oxygen atoms in total. The van der Waals surface area contributed by atoms with Crippen LogP contribution >= 0.6 is 0 Å². The van der Waals surface area contributed by atoms with Gasteiger partial charge in [-0.25, -0.2) is 0 Å². The number of carbonyl (C=O) groups is 2. The molecular formula is C38H32O4SiTi. The Morgan fingerprint density at radius 3 is 1.82 bits per heavy atom.